The van der Waals surface area contributed by atoms with Crippen LogP contribution in [0, 0.1) is 6.92 Å². The minimum atomic E-state index is -0.833. The molecule has 1 aliphatic rings. The number of hydrogen-bond acceptors (Lipinski definition) is 9. The first-order valence-corrected chi connectivity index (χ1v) is 10.2. The third-order valence-corrected chi connectivity index (χ3v) is 4.47. The van der Waals surface area contributed by atoms with Crippen LogP contribution in [0.1, 0.15) is 25.5 Å². The molecule has 1 saturated heterocycles. The fourth-order valence-electron chi connectivity index (χ4n) is 3.10. The van der Waals surface area contributed by atoms with Gasteiger partial charge in [-0.05, 0) is 38.4 Å². The van der Waals surface area contributed by atoms with E-state index >= 15 is 0 Å². The molecule has 11 nitrogen and oxygen atoms in total. The molecule has 0 saturated carbocycles. The highest BCUT2D eigenvalue weighted by Gasteiger charge is 2.16. The van der Waals surface area contributed by atoms with Crippen molar-refractivity contribution in [1.29, 1.82) is 0 Å². The third-order valence-electron chi connectivity index (χ3n) is 4.47. The number of pyridine rings is 1. The standard InChI is InChI=1S/C19H23N7O2.C2H4O2/c1-12-5-6-14(19(22-12)27-2)15-8-16(26-25-15)23-17-10-21-11-18(24-17)28-13-4-3-7-20-9-13;1-2(3)4/h5-6,8,10-11,13,20H,3-4,7,9H2,1-2H3,(H2,23,24,25,26);1H3,(H,3,4)/t13-;/m1./s1. The Morgan fingerprint density at radius 1 is 1.25 bits per heavy atom. The highest BCUT2D eigenvalue weighted by Crippen LogP contribution is 2.29. The minimum Gasteiger partial charge on any atom is -0.481 e. The van der Waals surface area contributed by atoms with Crippen molar-refractivity contribution in [3.63, 3.8) is 0 Å². The summed E-state index contributed by atoms with van der Waals surface area (Å²) in [7, 11) is 1.60. The van der Waals surface area contributed by atoms with E-state index in [2.05, 4.69) is 35.8 Å². The number of carbonyl (C=O) groups is 1. The molecule has 4 N–H and O–H groups in total. The van der Waals surface area contributed by atoms with Gasteiger partial charge in [-0.25, -0.2) is 4.98 Å². The number of piperidine rings is 1. The molecular formula is C21H27N7O4. The second kappa shape index (κ2) is 11.0. The molecule has 11 heteroatoms. The van der Waals surface area contributed by atoms with Crippen molar-refractivity contribution < 1.29 is 19.4 Å². The monoisotopic (exact) mass is 441 g/mol. The smallest absolute Gasteiger partial charge is 0.300 e. The van der Waals surface area contributed by atoms with Crippen molar-refractivity contribution >= 4 is 17.6 Å². The fourth-order valence-corrected chi connectivity index (χ4v) is 3.10. The van der Waals surface area contributed by atoms with E-state index in [1.807, 2.05) is 25.1 Å². The summed E-state index contributed by atoms with van der Waals surface area (Å²) in [4.78, 5) is 22.1. The molecule has 0 aliphatic carbocycles. The largest absolute Gasteiger partial charge is 0.481 e. The predicted molar refractivity (Wildman–Crippen MR) is 118 cm³/mol. The lowest BCUT2D eigenvalue weighted by molar-refractivity contribution is -0.134. The van der Waals surface area contributed by atoms with E-state index in [1.165, 1.54) is 0 Å². The zero-order valence-electron chi connectivity index (χ0n) is 18.3. The zero-order chi connectivity index (χ0) is 22.9. The molecule has 0 radical (unpaired) electrons. The van der Waals surface area contributed by atoms with Crippen molar-refractivity contribution in [2.24, 2.45) is 0 Å². The molecule has 3 aromatic heterocycles. The van der Waals surface area contributed by atoms with Gasteiger partial charge in [0.1, 0.15) is 6.10 Å². The van der Waals surface area contributed by atoms with Crippen LogP contribution in [0.5, 0.6) is 11.8 Å². The van der Waals surface area contributed by atoms with Crippen LogP contribution in [-0.2, 0) is 4.79 Å². The van der Waals surface area contributed by atoms with Gasteiger partial charge in [-0.3, -0.25) is 14.9 Å². The number of carboxylic acids is 1. The number of nitrogens with one attached hydrogen (secondary N) is 3. The number of hydrogen-bond donors (Lipinski definition) is 4. The molecule has 0 amide bonds. The maximum Gasteiger partial charge on any atom is 0.300 e. The van der Waals surface area contributed by atoms with Gasteiger partial charge in [0, 0.05) is 25.2 Å². The lowest BCUT2D eigenvalue weighted by Gasteiger charge is -2.23. The normalized spacial score (nSPS) is 15.3. The summed E-state index contributed by atoms with van der Waals surface area (Å²) in [6, 6.07) is 5.75. The van der Waals surface area contributed by atoms with Gasteiger partial charge in [-0.2, -0.15) is 10.1 Å². The predicted octanol–water partition coefficient (Wildman–Crippen LogP) is 2.54. The maximum absolute atomic E-state index is 9.00. The van der Waals surface area contributed by atoms with E-state index in [9.17, 15) is 0 Å². The minimum absolute atomic E-state index is 0.122. The Morgan fingerprint density at radius 3 is 2.78 bits per heavy atom. The Kier molecular flexibility index (Phi) is 7.92. The van der Waals surface area contributed by atoms with Gasteiger partial charge in [0.15, 0.2) is 11.6 Å². The second-order valence-electron chi connectivity index (χ2n) is 7.15. The lowest BCUT2D eigenvalue weighted by atomic mass is 10.1. The van der Waals surface area contributed by atoms with Crippen LogP contribution in [-0.4, -0.2) is 62.5 Å². The van der Waals surface area contributed by atoms with Crippen molar-refractivity contribution in [2.45, 2.75) is 32.8 Å². The van der Waals surface area contributed by atoms with E-state index < -0.39 is 5.97 Å². The van der Waals surface area contributed by atoms with Gasteiger partial charge in [-0.1, -0.05) is 0 Å². The molecule has 0 spiro atoms. The van der Waals surface area contributed by atoms with Crippen LogP contribution in [0.2, 0.25) is 0 Å². The number of aromatic nitrogens is 5. The van der Waals surface area contributed by atoms with E-state index in [4.69, 9.17) is 19.4 Å². The van der Waals surface area contributed by atoms with Crippen LogP contribution >= 0.6 is 0 Å². The number of aryl methyl sites for hydroxylation is 1. The number of ether oxygens (including phenoxy) is 2. The average molecular weight is 441 g/mol. The number of aliphatic carboxylic acids is 1. The molecule has 1 aliphatic heterocycles. The molecule has 4 rings (SSSR count). The van der Waals surface area contributed by atoms with Gasteiger partial charge in [0.25, 0.3) is 5.97 Å². The number of carboxylic acid groups (broad SMARTS) is 1. The summed E-state index contributed by atoms with van der Waals surface area (Å²) in [5, 5.41) is 21.2. The van der Waals surface area contributed by atoms with Gasteiger partial charge in [-0.15, -0.1) is 0 Å². The molecule has 4 heterocycles. The lowest BCUT2D eigenvalue weighted by Crippen LogP contribution is -2.37. The van der Waals surface area contributed by atoms with Gasteiger partial charge in [0.2, 0.25) is 11.8 Å². The Balaban J connectivity index is 0.000000668. The summed E-state index contributed by atoms with van der Waals surface area (Å²) < 4.78 is 11.3. The zero-order valence-corrected chi connectivity index (χ0v) is 18.3. The number of H-pyrrole nitrogens is 1. The first-order valence-electron chi connectivity index (χ1n) is 10.2. The summed E-state index contributed by atoms with van der Waals surface area (Å²) in [6.07, 6.45) is 5.49. The van der Waals surface area contributed by atoms with E-state index in [1.54, 1.807) is 19.5 Å². The van der Waals surface area contributed by atoms with Gasteiger partial charge >= 0.3 is 0 Å². The van der Waals surface area contributed by atoms with Crippen LogP contribution in [0.15, 0.2) is 30.6 Å². The number of nitrogens with zero attached hydrogens (tertiary/aromatic N) is 4. The molecule has 0 aromatic carbocycles. The highest BCUT2D eigenvalue weighted by molar-refractivity contribution is 5.69. The fraction of sp³-hybridized carbons (Fsp3) is 0.381. The van der Waals surface area contributed by atoms with E-state index in [0.717, 1.165) is 49.8 Å². The molecular weight excluding hydrogens is 414 g/mol. The van der Waals surface area contributed by atoms with Gasteiger partial charge < -0.3 is 25.2 Å². The van der Waals surface area contributed by atoms with Crippen LogP contribution in [0.4, 0.5) is 11.6 Å². The second-order valence-corrected chi connectivity index (χ2v) is 7.15. The number of aromatic amines is 1. The summed E-state index contributed by atoms with van der Waals surface area (Å²) >= 11 is 0. The Hall–Kier alpha value is -3.73. The molecule has 0 bridgehead atoms. The SMILES string of the molecule is CC(=O)O.COc1nc(C)ccc1-c1cc(Nc2cncc(O[C@@H]3CCCNC3)n2)n[nH]1. The number of methoxy groups -OCH3 is 1. The Labute approximate surface area is 185 Å². The molecule has 1 atom stereocenters. The van der Waals surface area contributed by atoms with Gasteiger partial charge in [0.05, 0.1) is 30.8 Å². The van der Waals surface area contributed by atoms with E-state index in [-0.39, 0.29) is 6.10 Å². The van der Waals surface area contributed by atoms with Crippen molar-refractivity contribution in [1.82, 2.24) is 30.5 Å². The molecule has 32 heavy (non-hydrogen) atoms. The first-order chi connectivity index (χ1) is 15.4. The first kappa shape index (κ1) is 22.9. The van der Waals surface area contributed by atoms with Crippen LogP contribution in [0.3, 0.4) is 0 Å². The van der Waals surface area contributed by atoms with Crippen molar-refractivity contribution in [2.75, 3.05) is 25.5 Å². The molecule has 1 fully saturated rings. The number of anilines is 2. The quantitative estimate of drug-likeness (QED) is 0.450. The molecule has 0 unspecified atom stereocenters. The highest BCUT2D eigenvalue weighted by atomic mass is 16.5. The van der Waals surface area contributed by atoms with Crippen LogP contribution in [0.25, 0.3) is 11.3 Å². The Bertz CT molecular complexity index is 1030. The summed E-state index contributed by atoms with van der Waals surface area (Å²) in [5.41, 5.74) is 2.51. The third kappa shape index (κ3) is 6.64. The van der Waals surface area contributed by atoms with E-state index in [0.29, 0.717) is 23.4 Å². The van der Waals surface area contributed by atoms with Crippen molar-refractivity contribution in [3.8, 4) is 23.0 Å². The number of rotatable bonds is 6. The topological polar surface area (TPSA) is 147 Å². The Morgan fingerprint density at radius 2 is 2.06 bits per heavy atom. The molecule has 3 aromatic rings. The van der Waals surface area contributed by atoms with Crippen LogP contribution < -0.4 is 20.1 Å². The van der Waals surface area contributed by atoms with Crippen molar-refractivity contribution in [3.05, 3.63) is 36.3 Å². The maximum atomic E-state index is 9.00. The average Bonchev–Trinajstić information content (AvgIpc) is 3.22. The summed E-state index contributed by atoms with van der Waals surface area (Å²) in [6.45, 7) is 4.87. The molecule has 170 valence electrons. The summed E-state index contributed by atoms with van der Waals surface area (Å²) in [5.74, 6) is 1.39.